The second-order valence-electron chi connectivity index (χ2n) is 6.22. The van der Waals surface area contributed by atoms with E-state index >= 15 is 0 Å². The summed E-state index contributed by atoms with van der Waals surface area (Å²) >= 11 is 6.20. The average Bonchev–Trinajstić information content (AvgIpc) is 2.53. The van der Waals surface area contributed by atoms with Crippen molar-refractivity contribution in [1.82, 2.24) is 5.32 Å². The van der Waals surface area contributed by atoms with Crippen molar-refractivity contribution < 1.29 is 14.7 Å². The molecule has 0 heterocycles. The molecule has 5 heteroatoms. The van der Waals surface area contributed by atoms with Crippen molar-refractivity contribution >= 4 is 23.5 Å². The van der Waals surface area contributed by atoms with Crippen LogP contribution in [0.3, 0.4) is 0 Å². The van der Waals surface area contributed by atoms with E-state index in [9.17, 15) is 9.59 Å². The molecule has 0 spiro atoms. The summed E-state index contributed by atoms with van der Waals surface area (Å²) in [6.45, 7) is 0. The summed E-state index contributed by atoms with van der Waals surface area (Å²) in [6.07, 6.45) is 2.22. The lowest BCUT2D eigenvalue weighted by molar-refractivity contribution is -0.139. The molecular weight excluding hydrogens is 326 g/mol. The van der Waals surface area contributed by atoms with Crippen LogP contribution in [0.1, 0.15) is 36.0 Å². The Morgan fingerprint density at radius 1 is 1.08 bits per heavy atom. The number of carboxylic acids is 1. The Balaban J connectivity index is 1.86. The number of carbonyl (C=O) groups excluding carboxylic acids is 1. The number of halogens is 1. The maximum atomic E-state index is 12.7. The molecular formula is C19H18ClNO3. The van der Waals surface area contributed by atoms with Gasteiger partial charge in [-0.1, -0.05) is 48.0 Å². The zero-order valence-electron chi connectivity index (χ0n) is 13.1. The summed E-state index contributed by atoms with van der Waals surface area (Å²) in [5.74, 6) is -1.22. The van der Waals surface area contributed by atoms with Crippen molar-refractivity contribution in [2.45, 2.75) is 31.2 Å². The van der Waals surface area contributed by atoms with Crippen LogP contribution in [0.25, 0.3) is 11.1 Å². The van der Waals surface area contributed by atoms with E-state index in [1.165, 1.54) is 0 Å². The van der Waals surface area contributed by atoms with Gasteiger partial charge in [-0.05, 0) is 42.5 Å². The van der Waals surface area contributed by atoms with Crippen LogP contribution in [-0.2, 0) is 4.79 Å². The molecule has 4 nitrogen and oxygen atoms in total. The monoisotopic (exact) mass is 343 g/mol. The van der Waals surface area contributed by atoms with Crippen LogP contribution in [0.4, 0.5) is 0 Å². The van der Waals surface area contributed by atoms with Crippen LogP contribution in [-0.4, -0.2) is 22.5 Å². The predicted octanol–water partition coefficient (Wildman–Crippen LogP) is 4.13. The number of aliphatic carboxylic acids is 1. The third kappa shape index (κ3) is 3.44. The number of carboxylic acid groups (broad SMARTS) is 1. The molecule has 1 aliphatic rings. The molecule has 0 unspecified atom stereocenters. The molecule has 3 rings (SSSR count). The van der Waals surface area contributed by atoms with E-state index in [4.69, 9.17) is 16.7 Å². The highest BCUT2D eigenvalue weighted by molar-refractivity contribution is 6.34. The second kappa shape index (κ2) is 6.65. The third-order valence-corrected chi connectivity index (χ3v) is 4.83. The molecule has 0 saturated heterocycles. The van der Waals surface area contributed by atoms with Gasteiger partial charge >= 0.3 is 5.97 Å². The standard InChI is InChI=1S/C19H18ClNO3/c20-16-8-7-14(13-5-2-1-3-6-13)11-15(16)18(24)21-19(9-4-10-19)12-17(22)23/h1-3,5-8,11H,4,9-10,12H2,(H,21,24)(H,22,23). The normalized spacial score (nSPS) is 15.4. The molecule has 0 atom stereocenters. The minimum atomic E-state index is -0.904. The van der Waals surface area contributed by atoms with Gasteiger partial charge in [0.1, 0.15) is 0 Å². The van der Waals surface area contributed by atoms with Gasteiger partial charge in [0.05, 0.1) is 22.5 Å². The molecule has 0 aliphatic heterocycles. The summed E-state index contributed by atoms with van der Waals surface area (Å²) in [4.78, 5) is 23.7. The number of carbonyl (C=O) groups is 2. The van der Waals surface area contributed by atoms with Gasteiger partial charge in [-0.25, -0.2) is 0 Å². The fourth-order valence-electron chi connectivity index (χ4n) is 3.06. The van der Waals surface area contributed by atoms with Crippen molar-refractivity contribution in [1.29, 1.82) is 0 Å². The van der Waals surface area contributed by atoms with Gasteiger partial charge in [0.2, 0.25) is 0 Å². The van der Waals surface area contributed by atoms with Gasteiger partial charge in [0.15, 0.2) is 0 Å². The first-order chi connectivity index (χ1) is 11.5. The van der Waals surface area contributed by atoms with Gasteiger partial charge < -0.3 is 10.4 Å². The van der Waals surface area contributed by atoms with E-state index < -0.39 is 11.5 Å². The van der Waals surface area contributed by atoms with Gasteiger partial charge in [-0.15, -0.1) is 0 Å². The Bertz CT molecular complexity index is 769. The van der Waals surface area contributed by atoms with E-state index in [-0.39, 0.29) is 12.3 Å². The molecule has 2 aromatic carbocycles. The lowest BCUT2D eigenvalue weighted by Crippen LogP contribution is -2.54. The smallest absolute Gasteiger partial charge is 0.305 e. The summed E-state index contributed by atoms with van der Waals surface area (Å²) in [5, 5.41) is 12.3. The third-order valence-electron chi connectivity index (χ3n) is 4.50. The second-order valence-corrected chi connectivity index (χ2v) is 6.63. The molecule has 1 aliphatic carbocycles. The Labute approximate surface area is 145 Å². The summed E-state index contributed by atoms with van der Waals surface area (Å²) < 4.78 is 0. The molecule has 24 heavy (non-hydrogen) atoms. The van der Waals surface area contributed by atoms with Crippen LogP contribution in [0, 0.1) is 0 Å². The maximum Gasteiger partial charge on any atom is 0.305 e. The van der Waals surface area contributed by atoms with E-state index in [0.717, 1.165) is 17.5 Å². The Morgan fingerprint density at radius 2 is 1.79 bits per heavy atom. The molecule has 1 amide bonds. The molecule has 2 N–H and O–H groups in total. The topological polar surface area (TPSA) is 66.4 Å². The van der Waals surface area contributed by atoms with Crippen LogP contribution >= 0.6 is 11.6 Å². The number of hydrogen-bond donors (Lipinski definition) is 2. The Hall–Kier alpha value is -2.33. The van der Waals surface area contributed by atoms with Crippen molar-refractivity contribution in [3.05, 3.63) is 59.1 Å². The fourth-order valence-corrected chi connectivity index (χ4v) is 3.26. The highest BCUT2D eigenvalue weighted by Crippen LogP contribution is 2.36. The van der Waals surface area contributed by atoms with Crippen LogP contribution in [0.2, 0.25) is 5.02 Å². The van der Waals surface area contributed by atoms with Crippen molar-refractivity contribution in [2.75, 3.05) is 0 Å². The first kappa shape index (κ1) is 16.5. The molecule has 2 aromatic rings. The lowest BCUT2D eigenvalue weighted by Gasteiger charge is -2.41. The van der Waals surface area contributed by atoms with Gasteiger partial charge in [0.25, 0.3) is 5.91 Å². The Morgan fingerprint density at radius 3 is 2.38 bits per heavy atom. The van der Waals surface area contributed by atoms with Crippen molar-refractivity contribution in [2.24, 2.45) is 0 Å². The zero-order chi connectivity index (χ0) is 17.2. The highest BCUT2D eigenvalue weighted by atomic mass is 35.5. The largest absolute Gasteiger partial charge is 0.481 e. The van der Waals surface area contributed by atoms with Gasteiger partial charge in [0, 0.05) is 0 Å². The Kier molecular flexibility index (Phi) is 4.58. The fraction of sp³-hybridized carbons (Fsp3) is 0.263. The predicted molar refractivity (Wildman–Crippen MR) is 93.2 cm³/mol. The number of amides is 1. The van der Waals surface area contributed by atoms with Gasteiger partial charge in [-0.3, -0.25) is 9.59 Å². The molecule has 1 fully saturated rings. The maximum absolute atomic E-state index is 12.7. The quantitative estimate of drug-likeness (QED) is 0.857. The molecule has 0 aromatic heterocycles. The van der Waals surface area contributed by atoms with Crippen LogP contribution in [0.5, 0.6) is 0 Å². The zero-order valence-corrected chi connectivity index (χ0v) is 13.8. The van der Waals surface area contributed by atoms with E-state index in [1.54, 1.807) is 12.1 Å². The molecule has 1 saturated carbocycles. The lowest BCUT2D eigenvalue weighted by atomic mass is 9.74. The minimum absolute atomic E-state index is 0.0608. The molecule has 0 bridgehead atoms. The minimum Gasteiger partial charge on any atom is -0.481 e. The van der Waals surface area contributed by atoms with E-state index in [0.29, 0.717) is 23.4 Å². The van der Waals surface area contributed by atoms with Crippen LogP contribution < -0.4 is 5.32 Å². The van der Waals surface area contributed by atoms with Crippen molar-refractivity contribution in [3.63, 3.8) is 0 Å². The summed E-state index contributed by atoms with van der Waals surface area (Å²) in [5.41, 5.74) is 1.61. The highest BCUT2D eigenvalue weighted by Gasteiger charge is 2.40. The van der Waals surface area contributed by atoms with Crippen LogP contribution in [0.15, 0.2) is 48.5 Å². The summed E-state index contributed by atoms with van der Waals surface area (Å²) in [6, 6.07) is 15.0. The van der Waals surface area contributed by atoms with E-state index in [1.807, 2.05) is 36.4 Å². The number of hydrogen-bond acceptors (Lipinski definition) is 2. The number of benzene rings is 2. The number of nitrogens with one attached hydrogen (secondary N) is 1. The first-order valence-electron chi connectivity index (χ1n) is 7.88. The number of rotatable bonds is 5. The molecule has 124 valence electrons. The van der Waals surface area contributed by atoms with Crippen molar-refractivity contribution in [3.8, 4) is 11.1 Å². The average molecular weight is 344 g/mol. The van der Waals surface area contributed by atoms with Gasteiger partial charge in [-0.2, -0.15) is 0 Å². The molecule has 0 radical (unpaired) electrons. The van der Waals surface area contributed by atoms with E-state index in [2.05, 4.69) is 5.32 Å². The SMILES string of the molecule is O=C(O)CC1(NC(=O)c2cc(-c3ccccc3)ccc2Cl)CCC1. The first-order valence-corrected chi connectivity index (χ1v) is 8.26. The summed E-state index contributed by atoms with van der Waals surface area (Å²) in [7, 11) is 0.